The fourth-order valence-electron chi connectivity index (χ4n) is 2.94. The zero-order valence-corrected chi connectivity index (χ0v) is 16.4. The van der Waals surface area contributed by atoms with Gasteiger partial charge in [-0.2, -0.15) is 0 Å². The number of halogens is 1. The molecule has 1 aromatic rings. The Morgan fingerprint density at radius 1 is 1.32 bits per heavy atom. The van der Waals surface area contributed by atoms with E-state index in [-0.39, 0.29) is 35.2 Å². The molecule has 136 valence electrons. The van der Waals surface area contributed by atoms with Crippen LogP contribution in [0, 0.1) is 0 Å². The van der Waals surface area contributed by atoms with Crippen molar-refractivity contribution < 1.29 is 13.2 Å². The van der Waals surface area contributed by atoms with Crippen LogP contribution in [0.1, 0.15) is 5.56 Å². The molecule has 2 atom stereocenters. The second kappa shape index (κ2) is 7.17. The van der Waals surface area contributed by atoms with Gasteiger partial charge in [0.25, 0.3) is 0 Å². The lowest BCUT2D eigenvalue weighted by atomic mass is 10.1. The molecule has 1 saturated heterocycles. The summed E-state index contributed by atoms with van der Waals surface area (Å²) in [7, 11) is 0.369. The topological polar surface area (TPSA) is 70.0 Å². The normalized spacial score (nSPS) is 24.1. The summed E-state index contributed by atoms with van der Waals surface area (Å²) in [5, 5.41) is 1.40. The van der Waals surface area contributed by atoms with Crippen molar-refractivity contribution in [2.45, 2.75) is 18.6 Å². The number of hydrogen-bond donors (Lipinski definition) is 0. The highest BCUT2D eigenvalue weighted by Crippen LogP contribution is 2.32. The van der Waals surface area contributed by atoms with Gasteiger partial charge in [0.1, 0.15) is 0 Å². The first kappa shape index (κ1) is 18.5. The Hall–Kier alpha value is -1.25. The van der Waals surface area contributed by atoms with Gasteiger partial charge in [0.05, 0.1) is 29.3 Å². The summed E-state index contributed by atoms with van der Waals surface area (Å²) in [6.45, 7) is 0.551. The summed E-state index contributed by atoms with van der Waals surface area (Å²) in [6.07, 6.45) is 0. The first-order valence-corrected chi connectivity index (χ1v) is 11.1. The molecule has 0 aliphatic carbocycles. The van der Waals surface area contributed by atoms with Gasteiger partial charge in [0.2, 0.25) is 5.91 Å². The minimum absolute atomic E-state index is 0.00354. The summed E-state index contributed by atoms with van der Waals surface area (Å²) in [5.41, 5.74) is 1.03. The van der Waals surface area contributed by atoms with Crippen molar-refractivity contribution in [1.29, 1.82) is 0 Å². The van der Waals surface area contributed by atoms with Gasteiger partial charge in [-0.25, -0.2) is 8.42 Å². The third-order valence-electron chi connectivity index (χ3n) is 4.31. The average Bonchev–Trinajstić information content (AvgIpc) is 2.99. The van der Waals surface area contributed by atoms with Gasteiger partial charge in [0, 0.05) is 25.7 Å². The van der Waals surface area contributed by atoms with E-state index in [0.717, 1.165) is 10.7 Å². The monoisotopic (exact) mass is 401 g/mol. The van der Waals surface area contributed by atoms with E-state index in [1.54, 1.807) is 14.1 Å². The minimum Gasteiger partial charge on any atom is -0.348 e. The number of aliphatic imine (C=N–C) groups is 1. The van der Waals surface area contributed by atoms with Crippen molar-refractivity contribution in [3.05, 3.63) is 34.9 Å². The lowest BCUT2D eigenvalue weighted by Gasteiger charge is -2.26. The van der Waals surface area contributed by atoms with Crippen molar-refractivity contribution in [2.24, 2.45) is 4.99 Å². The van der Waals surface area contributed by atoms with E-state index in [1.165, 1.54) is 16.7 Å². The van der Waals surface area contributed by atoms with Crippen molar-refractivity contribution in [1.82, 2.24) is 9.80 Å². The Kier molecular flexibility index (Phi) is 5.31. The number of sulfone groups is 1. The largest absolute Gasteiger partial charge is 0.348 e. The molecule has 0 unspecified atom stereocenters. The summed E-state index contributed by atoms with van der Waals surface area (Å²) in [6, 6.07) is 7.08. The van der Waals surface area contributed by atoms with Crippen molar-refractivity contribution >= 4 is 44.3 Å². The van der Waals surface area contributed by atoms with Crippen LogP contribution < -0.4 is 0 Å². The number of amides is 1. The SMILES string of the molecule is CN(C)C(=O)CSC1=N[C@@H]2CS(=O)(=O)C[C@H]2N1Cc1ccc(Cl)cc1. The maximum Gasteiger partial charge on any atom is 0.232 e. The standard InChI is InChI=1S/C16H20ClN3O3S2/c1-19(2)15(21)8-24-16-18-13-9-25(22,23)10-14(13)20(16)7-11-3-5-12(17)6-4-11/h3-6,13-14H,7-10H2,1-2H3/t13-,14-/m1/s1. The number of nitrogens with zero attached hydrogens (tertiary/aromatic N) is 3. The molecule has 0 aromatic heterocycles. The van der Waals surface area contributed by atoms with Crippen molar-refractivity contribution in [3.8, 4) is 0 Å². The molecule has 2 aliphatic heterocycles. The number of benzene rings is 1. The van der Waals surface area contributed by atoms with Gasteiger partial charge >= 0.3 is 0 Å². The molecule has 2 aliphatic rings. The number of fused-ring (bicyclic) bond motifs is 1. The predicted octanol–water partition coefficient (Wildman–Crippen LogP) is 1.50. The van der Waals surface area contributed by atoms with Gasteiger partial charge < -0.3 is 9.80 Å². The van der Waals surface area contributed by atoms with Crippen LogP contribution in [-0.4, -0.2) is 72.7 Å². The van der Waals surface area contributed by atoms with Gasteiger partial charge in [-0.1, -0.05) is 35.5 Å². The molecule has 2 heterocycles. The van der Waals surface area contributed by atoms with E-state index in [2.05, 4.69) is 4.99 Å². The Morgan fingerprint density at radius 3 is 2.64 bits per heavy atom. The quantitative estimate of drug-likeness (QED) is 0.764. The molecule has 0 bridgehead atoms. The van der Waals surface area contributed by atoms with Crippen LogP contribution in [0.15, 0.2) is 29.3 Å². The maximum atomic E-state index is 12.0. The molecule has 3 rings (SSSR count). The highest BCUT2D eigenvalue weighted by molar-refractivity contribution is 8.14. The van der Waals surface area contributed by atoms with E-state index < -0.39 is 9.84 Å². The summed E-state index contributed by atoms with van der Waals surface area (Å²) >= 11 is 7.31. The number of rotatable bonds is 4. The molecule has 0 saturated carbocycles. The summed E-state index contributed by atoms with van der Waals surface area (Å²) in [4.78, 5) is 20.0. The van der Waals surface area contributed by atoms with E-state index in [0.29, 0.717) is 11.6 Å². The Labute approximate surface area is 157 Å². The molecule has 0 radical (unpaired) electrons. The molecule has 1 fully saturated rings. The number of thioether (sulfide) groups is 1. The van der Waals surface area contributed by atoms with E-state index >= 15 is 0 Å². The van der Waals surface area contributed by atoms with Crippen LogP contribution in [0.2, 0.25) is 5.02 Å². The Bertz CT molecular complexity index is 793. The van der Waals surface area contributed by atoms with Crippen LogP contribution in [0.25, 0.3) is 0 Å². The van der Waals surface area contributed by atoms with Crippen LogP contribution in [0.3, 0.4) is 0 Å². The fraction of sp³-hybridized carbons (Fsp3) is 0.500. The van der Waals surface area contributed by atoms with Crippen molar-refractivity contribution in [2.75, 3.05) is 31.4 Å². The second-order valence-electron chi connectivity index (χ2n) is 6.45. The highest BCUT2D eigenvalue weighted by Gasteiger charge is 2.46. The first-order valence-electron chi connectivity index (χ1n) is 7.87. The Morgan fingerprint density at radius 2 is 2.00 bits per heavy atom. The molecule has 25 heavy (non-hydrogen) atoms. The number of amidine groups is 1. The van der Waals surface area contributed by atoms with Crippen LogP contribution in [0.4, 0.5) is 0 Å². The fourth-order valence-corrected chi connectivity index (χ4v) is 6.02. The molecule has 0 spiro atoms. The maximum absolute atomic E-state index is 12.0. The van der Waals surface area contributed by atoms with E-state index in [1.807, 2.05) is 29.2 Å². The molecule has 0 N–H and O–H groups in total. The van der Waals surface area contributed by atoms with Crippen molar-refractivity contribution in [3.63, 3.8) is 0 Å². The average molecular weight is 402 g/mol. The third kappa shape index (κ3) is 4.30. The van der Waals surface area contributed by atoms with Gasteiger partial charge in [-0.05, 0) is 17.7 Å². The molecular weight excluding hydrogens is 382 g/mol. The summed E-state index contributed by atoms with van der Waals surface area (Å²) < 4.78 is 23.9. The second-order valence-corrected chi connectivity index (χ2v) is 9.99. The number of carbonyl (C=O) groups excluding carboxylic acids is 1. The smallest absolute Gasteiger partial charge is 0.232 e. The minimum atomic E-state index is -3.06. The lowest BCUT2D eigenvalue weighted by molar-refractivity contribution is -0.125. The number of carbonyl (C=O) groups is 1. The van der Waals surface area contributed by atoms with Gasteiger partial charge in [0.15, 0.2) is 15.0 Å². The van der Waals surface area contributed by atoms with Gasteiger partial charge in [-0.15, -0.1) is 0 Å². The molecular formula is C16H20ClN3O3S2. The Balaban J connectivity index is 1.78. The zero-order valence-electron chi connectivity index (χ0n) is 14.1. The molecule has 6 nitrogen and oxygen atoms in total. The lowest BCUT2D eigenvalue weighted by Crippen LogP contribution is -2.38. The van der Waals surface area contributed by atoms with Crippen LogP contribution in [0.5, 0.6) is 0 Å². The van der Waals surface area contributed by atoms with Gasteiger partial charge in [-0.3, -0.25) is 9.79 Å². The van der Waals surface area contributed by atoms with Crippen LogP contribution >= 0.6 is 23.4 Å². The number of hydrogen-bond acceptors (Lipinski definition) is 6. The van der Waals surface area contributed by atoms with E-state index in [9.17, 15) is 13.2 Å². The molecule has 1 amide bonds. The molecule has 9 heteroatoms. The predicted molar refractivity (Wildman–Crippen MR) is 102 cm³/mol. The van der Waals surface area contributed by atoms with E-state index in [4.69, 9.17) is 11.6 Å². The first-order chi connectivity index (χ1) is 11.7. The third-order valence-corrected chi connectivity index (χ3v) is 7.25. The zero-order chi connectivity index (χ0) is 18.2. The highest BCUT2D eigenvalue weighted by atomic mass is 35.5. The summed E-state index contributed by atoms with van der Waals surface area (Å²) in [5.74, 6) is 0.486. The van der Waals surface area contributed by atoms with Crippen LogP contribution in [-0.2, 0) is 21.2 Å². The molecule has 1 aromatic carbocycles.